The Morgan fingerprint density at radius 1 is 1.00 bits per heavy atom. The highest BCUT2D eigenvalue weighted by atomic mass is 35.5. The molecule has 7 nitrogen and oxygen atoms in total. The Hall–Kier alpha value is -2.49. The van der Waals surface area contributed by atoms with Gasteiger partial charge < -0.3 is 0 Å². The van der Waals surface area contributed by atoms with Gasteiger partial charge in [0.2, 0.25) is 21.1 Å². The number of benzene rings is 2. The van der Waals surface area contributed by atoms with Gasteiger partial charge in [-0.3, -0.25) is 14.4 Å². The first-order valence-corrected chi connectivity index (χ1v) is 15.7. The first kappa shape index (κ1) is 24.8. The van der Waals surface area contributed by atoms with Crippen LogP contribution in [0.2, 0.25) is 5.02 Å². The van der Waals surface area contributed by atoms with Gasteiger partial charge in [-0.2, -0.15) is 0 Å². The van der Waals surface area contributed by atoms with Crippen molar-refractivity contribution in [2.75, 3.05) is 22.4 Å². The lowest BCUT2D eigenvalue weighted by Gasteiger charge is -2.57. The number of aromatic nitrogens is 2. The monoisotopic (exact) mass is 556 g/mol. The molecule has 194 valence electrons. The number of sulfonamides is 1. The zero-order chi connectivity index (χ0) is 25.8. The largest absolute Gasteiger partial charge is 0.299 e. The van der Waals surface area contributed by atoms with Crippen molar-refractivity contribution in [3.63, 3.8) is 0 Å². The van der Waals surface area contributed by atoms with E-state index in [2.05, 4.69) is 27.6 Å². The minimum atomic E-state index is -3.68. The maximum Gasteiger partial charge on any atom is 0.246 e. The molecule has 3 aromatic rings. The van der Waals surface area contributed by atoms with Crippen LogP contribution in [0.25, 0.3) is 10.6 Å². The summed E-state index contributed by atoms with van der Waals surface area (Å²) in [7, 11) is -3.68. The molecule has 1 heterocycles. The third-order valence-corrected chi connectivity index (χ3v) is 10.5. The van der Waals surface area contributed by atoms with E-state index in [1.54, 1.807) is 12.1 Å². The molecule has 4 aliphatic carbocycles. The molecule has 4 saturated carbocycles. The Kier molecular flexibility index (Phi) is 6.28. The van der Waals surface area contributed by atoms with Crippen LogP contribution in [0, 0.1) is 17.8 Å². The van der Waals surface area contributed by atoms with Gasteiger partial charge in [0, 0.05) is 10.6 Å². The Labute approximate surface area is 226 Å². The Bertz CT molecular complexity index is 1390. The van der Waals surface area contributed by atoms with E-state index in [4.69, 9.17) is 11.6 Å². The van der Waals surface area contributed by atoms with Crippen LogP contribution >= 0.6 is 22.9 Å². The molecule has 1 N–H and O–H groups in total. The van der Waals surface area contributed by atoms with E-state index in [1.165, 1.54) is 55.4 Å². The molecule has 37 heavy (non-hydrogen) atoms. The smallest absolute Gasteiger partial charge is 0.246 e. The average molecular weight is 557 g/mol. The molecule has 0 radical (unpaired) electrons. The van der Waals surface area contributed by atoms with Crippen LogP contribution in [0.15, 0.2) is 48.5 Å². The van der Waals surface area contributed by atoms with Gasteiger partial charge in [0.15, 0.2) is 0 Å². The quantitative estimate of drug-likeness (QED) is 0.401. The molecule has 1 amide bonds. The maximum absolute atomic E-state index is 12.8. The zero-order valence-electron chi connectivity index (χ0n) is 20.6. The zero-order valence-corrected chi connectivity index (χ0v) is 23.0. The average Bonchev–Trinajstić information content (AvgIpc) is 3.30. The van der Waals surface area contributed by atoms with Crippen molar-refractivity contribution >= 4 is 49.7 Å². The van der Waals surface area contributed by atoms with Crippen molar-refractivity contribution in [3.05, 3.63) is 59.1 Å². The molecule has 1 aromatic heterocycles. The predicted octanol–water partition coefficient (Wildman–Crippen LogP) is 5.73. The number of carbonyl (C=O) groups is 1. The van der Waals surface area contributed by atoms with E-state index in [-0.39, 0.29) is 12.0 Å². The Morgan fingerprint density at radius 2 is 1.59 bits per heavy atom. The summed E-state index contributed by atoms with van der Waals surface area (Å²) in [5, 5.41) is 12.4. The van der Waals surface area contributed by atoms with Crippen molar-refractivity contribution in [3.8, 4) is 10.6 Å². The Balaban J connectivity index is 1.17. The summed E-state index contributed by atoms with van der Waals surface area (Å²) in [5.41, 5.74) is 2.88. The highest BCUT2D eigenvalue weighted by molar-refractivity contribution is 7.92. The number of nitrogens with one attached hydrogen (secondary N) is 1. The molecule has 0 unspecified atom stereocenters. The summed E-state index contributed by atoms with van der Waals surface area (Å²) >= 11 is 7.16. The number of hydrogen-bond donors (Lipinski definition) is 1. The van der Waals surface area contributed by atoms with E-state index in [0.29, 0.717) is 20.8 Å². The molecule has 4 fully saturated rings. The molecule has 4 bridgehead atoms. The lowest BCUT2D eigenvalue weighted by molar-refractivity contribution is -0.114. The summed E-state index contributed by atoms with van der Waals surface area (Å²) < 4.78 is 26.5. The molecular formula is C27H29ClN4O3S2. The normalized spacial score (nSPS) is 26.3. The van der Waals surface area contributed by atoms with Crippen LogP contribution < -0.4 is 9.62 Å². The van der Waals surface area contributed by atoms with Gasteiger partial charge in [0.25, 0.3) is 0 Å². The van der Waals surface area contributed by atoms with Crippen molar-refractivity contribution in [2.45, 2.75) is 43.9 Å². The van der Waals surface area contributed by atoms with E-state index < -0.39 is 15.9 Å². The van der Waals surface area contributed by atoms with E-state index in [1.807, 2.05) is 24.3 Å². The highest BCUT2D eigenvalue weighted by Gasteiger charge is 2.51. The van der Waals surface area contributed by atoms with Crippen molar-refractivity contribution < 1.29 is 13.2 Å². The molecule has 0 aliphatic heterocycles. The first-order valence-electron chi connectivity index (χ1n) is 12.6. The summed E-state index contributed by atoms with van der Waals surface area (Å²) in [5.74, 6) is 2.03. The van der Waals surface area contributed by atoms with Gasteiger partial charge >= 0.3 is 0 Å². The molecule has 4 aliphatic rings. The number of carbonyl (C=O) groups excluding carboxylic acids is 1. The fourth-order valence-corrected chi connectivity index (χ4v) is 8.87. The number of anilines is 2. The van der Waals surface area contributed by atoms with Crippen LogP contribution in [-0.4, -0.2) is 37.3 Å². The van der Waals surface area contributed by atoms with Gasteiger partial charge in [0.05, 0.1) is 11.9 Å². The number of halogens is 1. The number of hydrogen-bond acceptors (Lipinski definition) is 6. The first-order chi connectivity index (χ1) is 17.7. The minimum absolute atomic E-state index is 0.236. The lowest BCUT2D eigenvalue weighted by Crippen LogP contribution is -2.48. The van der Waals surface area contributed by atoms with Crippen LogP contribution in [0.3, 0.4) is 0 Å². The molecule has 0 saturated heterocycles. The summed E-state index contributed by atoms with van der Waals surface area (Å²) in [6.45, 7) is -0.342. The lowest BCUT2D eigenvalue weighted by atomic mass is 9.48. The van der Waals surface area contributed by atoms with Crippen molar-refractivity contribution in [1.82, 2.24) is 10.2 Å². The fraction of sp³-hybridized carbons (Fsp3) is 0.444. The summed E-state index contributed by atoms with van der Waals surface area (Å²) in [4.78, 5) is 12.8. The second-order valence-corrected chi connectivity index (χ2v) is 14.3. The van der Waals surface area contributed by atoms with Gasteiger partial charge in [-0.15, -0.1) is 10.2 Å². The molecule has 2 aromatic carbocycles. The number of nitrogens with zero attached hydrogens (tertiary/aromatic N) is 3. The molecule has 7 rings (SSSR count). The van der Waals surface area contributed by atoms with Crippen molar-refractivity contribution in [1.29, 1.82) is 0 Å². The SMILES string of the molecule is CS(=O)(=O)N(CC(=O)Nc1nnc(-c2ccc(Cl)cc2)s1)c1ccc(C23CC4CC(CC(C4)C2)C3)cc1. The number of rotatable bonds is 7. The maximum atomic E-state index is 12.8. The van der Waals surface area contributed by atoms with Crippen LogP contribution in [0.4, 0.5) is 10.8 Å². The predicted molar refractivity (Wildman–Crippen MR) is 147 cm³/mol. The molecule has 10 heteroatoms. The third-order valence-electron chi connectivity index (χ3n) is 8.26. The molecule has 0 spiro atoms. The number of amides is 1. The van der Waals surface area contributed by atoms with Crippen LogP contribution in [-0.2, 0) is 20.2 Å². The second kappa shape index (κ2) is 9.36. The highest BCUT2D eigenvalue weighted by Crippen LogP contribution is 2.60. The van der Waals surface area contributed by atoms with Gasteiger partial charge in [-0.1, -0.05) is 47.2 Å². The minimum Gasteiger partial charge on any atom is -0.299 e. The van der Waals surface area contributed by atoms with Crippen LogP contribution in [0.5, 0.6) is 0 Å². The standard InChI is InChI=1S/C27H29ClN4O3S2/c1-37(34,35)32(16-24(33)29-26-31-30-25(36-26)20-2-6-22(28)7-3-20)23-8-4-21(5-9-23)27-13-17-10-18(14-27)12-19(11-17)15-27/h2-9,17-19H,10-16H2,1H3,(H,29,31,33). The second-order valence-electron chi connectivity index (χ2n) is 11.0. The molecule has 0 atom stereocenters. The summed E-state index contributed by atoms with van der Waals surface area (Å²) in [6.07, 6.45) is 9.00. The molecular weight excluding hydrogens is 528 g/mol. The Morgan fingerprint density at radius 3 is 2.16 bits per heavy atom. The van der Waals surface area contributed by atoms with E-state index in [9.17, 15) is 13.2 Å². The van der Waals surface area contributed by atoms with Crippen LogP contribution in [0.1, 0.15) is 44.1 Å². The van der Waals surface area contributed by atoms with E-state index >= 15 is 0 Å². The fourth-order valence-electron chi connectivity index (χ4n) is 7.12. The topological polar surface area (TPSA) is 92.3 Å². The van der Waals surface area contributed by atoms with E-state index in [0.717, 1.165) is 33.9 Å². The van der Waals surface area contributed by atoms with Crippen molar-refractivity contribution in [2.24, 2.45) is 17.8 Å². The van der Waals surface area contributed by atoms with Gasteiger partial charge in [0.1, 0.15) is 11.6 Å². The summed E-state index contributed by atoms with van der Waals surface area (Å²) in [6, 6.07) is 15.0. The van der Waals surface area contributed by atoms with Gasteiger partial charge in [-0.25, -0.2) is 8.42 Å². The van der Waals surface area contributed by atoms with Gasteiger partial charge in [-0.05, 0) is 91.5 Å². The third kappa shape index (κ3) is 5.01.